The van der Waals surface area contributed by atoms with Crippen LogP contribution < -0.4 is 5.32 Å². The summed E-state index contributed by atoms with van der Waals surface area (Å²) >= 11 is 6.90. The maximum absolute atomic E-state index is 10.2. The van der Waals surface area contributed by atoms with Gasteiger partial charge >= 0.3 is 0 Å². The number of aromatic hydroxyl groups is 1. The lowest BCUT2D eigenvalue weighted by Gasteiger charge is -2.34. The lowest BCUT2D eigenvalue weighted by atomic mass is 10.0. The Labute approximate surface area is 148 Å². The largest absolute Gasteiger partial charge is 0.508 e. The van der Waals surface area contributed by atoms with Crippen molar-refractivity contribution in [3.8, 4) is 5.75 Å². The molecular formula is C13H18Br2Cl2N2O. The molecule has 0 saturated carbocycles. The van der Waals surface area contributed by atoms with E-state index >= 15 is 0 Å². The molecule has 1 saturated heterocycles. The summed E-state index contributed by atoms with van der Waals surface area (Å²) in [6.45, 7) is 7.77. The van der Waals surface area contributed by atoms with Gasteiger partial charge in [0.25, 0.3) is 0 Å². The van der Waals surface area contributed by atoms with Crippen molar-refractivity contribution < 1.29 is 5.11 Å². The minimum absolute atomic E-state index is 0. The van der Waals surface area contributed by atoms with E-state index in [9.17, 15) is 5.11 Å². The number of piperazine rings is 1. The number of benzene rings is 1. The highest BCUT2D eigenvalue weighted by Crippen LogP contribution is 2.38. The number of phenols is 1. The Morgan fingerprint density at radius 2 is 1.85 bits per heavy atom. The molecule has 1 fully saturated rings. The minimum atomic E-state index is 0. The van der Waals surface area contributed by atoms with E-state index < -0.39 is 0 Å². The van der Waals surface area contributed by atoms with E-state index in [0.29, 0.717) is 5.75 Å². The zero-order valence-corrected chi connectivity index (χ0v) is 15.6. The predicted octanol–water partition coefficient (Wildman–Crippen LogP) is 3.89. The van der Waals surface area contributed by atoms with E-state index in [1.165, 1.54) is 0 Å². The smallest absolute Gasteiger partial charge is 0.122 e. The Hall–Kier alpha value is 0.220. The summed E-state index contributed by atoms with van der Waals surface area (Å²) in [6, 6.07) is 3.71. The lowest BCUT2D eigenvalue weighted by molar-refractivity contribution is 0.200. The third-order valence-electron chi connectivity index (χ3n) is 3.14. The highest BCUT2D eigenvalue weighted by molar-refractivity contribution is 9.11. The van der Waals surface area contributed by atoms with Crippen LogP contribution in [0.15, 0.2) is 33.7 Å². The van der Waals surface area contributed by atoms with Gasteiger partial charge in [0, 0.05) is 40.7 Å². The van der Waals surface area contributed by atoms with Gasteiger partial charge in [-0.3, -0.25) is 4.90 Å². The third kappa shape index (κ3) is 4.61. The van der Waals surface area contributed by atoms with Crippen LogP contribution in [-0.2, 0) is 0 Å². The van der Waals surface area contributed by atoms with Crippen LogP contribution in [0, 0.1) is 0 Å². The SMILES string of the molecule is C=C[C@H](c1c(O)cc(Br)cc1Br)N1CCNCC1.Cl.Cl. The molecular weight excluding hydrogens is 431 g/mol. The summed E-state index contributed by atoms with van der Waals surface area (Å²) in [5.41, 5.74) is 0.884. The topological polar surface area (TPSA) is 35.5 Å². The Morgan fingerprint density at radius 1 is 1.25 bits per heavy atom. The van der Waals surface area contributed by atoms with Crippen molar-refractivity contribution in [2.45, 2.75) is 6.04 Å². The van der Waals surface area contributed by atoms with Crippen molar-refractivity contribution in [2.24, 2.45) is 0 Å². The Morgan fingerprint density at radius 3 is 2.35 bits per heavy atom. The molecule has 0 aromatic heterocycles. The summed E-state index contributed by atoms with van der Waals surface area (Å²) in [4.78, 5) is 2.32. The first-order valence-corrected chi connectivity index (χ1v) is 7.47. The fraction of sp³-hybridized carbons (Fsp3) is 0.385. The molecule has 0 unspecified atom stereocenters. The Bertz CT molecular complexity index is 431. The average molecular weight is 449 g/mol. The van der Waals surface area contributed by atoms with Crippen LogP contribution in [0.3, 0.4) is 0 Å². The second kappa shape index (κ2) is 9.28. The molecule has 0 spiro atoms. The van der Waals surface area contributed by atoms with Gasteiger partial charge in [-0.1, -0.05) is 37.9 Å². The summed E-state index contributed by atoms with van der Waals surface area (Å²) in [5, 5.41) is 13.5. The van der Waals surface area contributed by atoms with E-state index in [2.05, 4.69) is 48.7 Å². The first-order valence-electron chi connectivity index (χ1n) is 5.88. The van der Waals surface area contributed by atoms with E-state index in [0.717, 1.165) is 40.7 Å². The Balaban J connectivity index is 0.00000180. The highest BCUT2D eigenvalue weighted by atomic mass is 79.9. The molecule has 0 aliphatic carbocycles. The number of nitrogens with one attached hydrogen (secondary N) is 1. The van der Waals surface area contributed by atoms with Crippen LogP contribution in [0.2, 0.25) is 0 Å². The van der Waals surface area contributed by atoms with Gasteiger partial charge in [-0.2, -0.15) is 0 Å². The summed E-state index contributed by atoms with van der Waals surface area (Å²) in [7, 11) is 0. The molecule has 1 aromatic carbocycles. The fourth-order valence-electron chi connectivity index (χ4n) is 2.27. The molecule has 1 aromatic rings. The van der Waals surface area contributed by atoms with Crippen LogP contribution in [-0.4, -0.2) is 36.2 Å². The molecule has 0 radical (unpaired) electrons. The van der Waals surface area contributed by atoms with Crippen LogP contribution >= 0.6 is 56.7 Å². The number of halogens is 4. The summed E-state index contributed by atoms with van der Waals surface area (Å²) < 4.78 is 1.76. The second-order valence-corrected chi connectivity index (χ2v) is 6.06. The van der Waals surface area contributed by atoms with E-state index in [4.69, 9.17) is 0 Å². The maximum Gasteiger partial charge on any atom is 0.122 e. The van der Waals surface area contributed by atoms with Gasteiger partial charge < -0.3 is 10.4 Å². The van der Waals surface area contributed by atoms with Crippen molar-refractivity contribution in [3.63, 3.8) is 0 Å². The first-order chi connectivity index (χ1) is 8.63. The van der Waals surface area contributed by atoms with Crippen LogP contribution in [0.4, 0.5) is 0 Å². The molecule has 7 heteroatoms. The van der Waals surface area contributed by atoms with Crippen molar-refractivity contribution in [1.82, 2.24) is 10.2 Å². The number of hydrogen-bond acceptors (Lipinski definition) is 3. The van der Waals surface area contributed by atoms with Gasteiger partial charge in [-0.05, 0) is 12.1 Å². The number of nitrogens with zero attached hydrogens (tertiary/aromatic N) is 1. The standard InChI is InChI=1S/C13H16Br2N2O.2ClH/c1-2-11(17-5-3-16-4-6-17)13-10(15)7-9(14)8-12(13)18;;/h2,7-8,11,16,18H,1,3-6H2;2*1H/t11-;;/m1../s1. The molecule has 20 heavy (non-hydrogen) atoms. The zero-order valence-electron chi connectivity index (χ0n) is 10.8. The van der Waals surface area contributed by atoms with Crippen LogP contribution in [0.25, 0.3) is 0 Å². The van der Waals surface area contributed by atoms with Gasteiger partial charge in [-0.25, -0.2) is 0 Å². The molecule has 1 heterocycles. The van der Waals surface area contributed by atoms with Crippen molar-refractivity contribution in [3.05, 3.63) is 39.3 Å². The molecule has 2 rings (SSSR count). The Kier molecular flexibility index (Phi) is 9.38. The molecule has 1 aliphatic heterocycles. The molecule has 2 N–H and O–H groups in total. The molecule has 1 aliphatic rings. The number of phenolic OH excluding ortho intramolecular Hbond substituents is 1. The van der Waals surface area contributed by atoms with Crippen molar-refractivity contribution in [2.75, 3.05) is 26.2 Å². The normalized spacial score (nSPS) is 16.7. The van der Waals surface area contributed by atoms with E-state index in [1.807, 2.05) is 12.1 Å². The molecule has 3 nitrogen and oxygen atoms in total. The summed E-state index contributed by atoms with van der Waals surface area (Å²) in [6.07, 6.45) is 1.89. The fourth-order valence-corrected chi connectivity index (χ4v) is 3.71. The van der Waals surface area contributed by atoms with Gasteiger partial charge in [0.15, 0.2) is 0 Å². The predicted molar refractivity (Wildman–Crippen MR) is 95.4 cm³/mol. The average Bonchev–Trinajstić information content (AvgIpc) is 2.34. The quantitative estimate of drug-likeness (QED) is 0.688. The molecule has 0 bridgehead atoms. The number of rotatable bonds is 3. The number of hydrogen-bond donors (Lipinski definition) is 2. The zero-order chi connectivity index (χ0) is 13.1. The van der Waals surface area contributed by atoms with Crippen LogP contribution in [0.1, 0.15) is 11.6 Å². The van der Waals surface area contributed by atoms with Gasteiger partial charge in [0.05, 0.1) is 6.04 Å². The van der Waals surface area contributed by atoms with Gasteiger partial charge in [-0.15, -0.1) is 31.4 Å². The first kappa shape index (κ1) is 20.2. The van der Waals surface area contributed by atoms with Crippen molar-refractivity contribution in [1.29, 1.82) is 0 Å². The monoisotopic (exact) mass is 446 g/mol. The highest BCUT2D eigenvalue weighted by Gasteiger charge is 2.24. The minimum Gasteiger partial charge on any atom is -0.508 e. The molecule has 1 atom stereocenters. The summed E-state index contributed by atoms with van der Waals surface area (Å²) in [5.74, 6) is 0.291. The lowest BCUT2D eigenvalue weighted by Crippen LogP contribution is -2.44. The molecule has 0 amide bonds. The second-order valence-electron chi connectivity index (χ2n) is 4.29. The third-order valence-corrected chi connectivity index (χ3v) is 4.25. The van der Waals surface area contributed by atoms with Crippen LogP contribution in [0.5, 0.6) is 5.75 Å². The van der Waals surface area contributed by atoms with E-state index in [-0.39, 0.29) is 30.9 Å². The van der Waals surface area contributed by atoms with Crippen molar-refractivity contribution >= 4 is 56.7 Å². The maximum atomic E-state index is 10.2. The van der Waals surface area contributed by atoms with E-state index in [1.54, 1.807) is 6.07 Å². The van der Waals surface area contributed by atoms with Gasteiger partial charge in [0.2, 0.25) is 0 Å². The molecule has 114 valence electrons. The van der Waals surface area contributed by atoms with Gasteiger partial charge in [0.1, 0.15) is 5.75 Å².